The van der Waals surface area contributed by atoms with Crippen LogP contribution in [-0.4, -0.2) is 56.9 Å². The van der Waals surface area contributed by atoms with Crippen LogP contribution in [0.1, 0.15) is 59.8 Å². The fraction of sp³-hybridized carbons (Fsp3) is 0.483. The van der Waals surface area contributed by atoms with Gasteiger partial charge in [-0.25, -0.2) is 14.1 Å². The van der Waals surface area contributed by atoms with Crippen LogP contribution in [0.2, 0.25) is 0 Å². The largest absolute Gasteiger partial charge is 0.481 e. The van der Waals surface area contributed by atoms with E-state index >= 15 is 0 Å². The highest BCUT2D eigenvalue weighted by molar-refractivity contribution is 5.68. The summed E-state index contributed by atoms with van der Waals surface area (Å²) in [5.74, 6) is 0.726. The second-order valence-electron chi connectivity index (χ2n) is 10.5. The Kier molecular flexibility index (Phi) is 7.84. The number of carboxylic acid groups (broad SMARTS) is 1. The molecule has 0 aliphatic carbocycles. The van der Waals surface area contributed by atoms with Gasteiger partial charge < -0.3 is 15.3 Å². The molecule has 0 bridgehead atoms. The van der Waals surface area contributed by atoms with Gasteiger partial charge in [-0.15, -0.1) is 0 Å². The van der Waals surface area contributed by atoms with Crippen molar-refractivity contribution in [3.05, 3.63) is 70.7 Å². The average Bonchev–Trinajstić information content (AvgIpc) is 3.52. The van der Waals surface area contributed by atoms with Gasteiger partial charge in [-0.3, -0.25) is 4.79 Å². The summed E-state index contributed by atoms with van der Waals surface area (Å²) < 4.78 is 14.8. The van der Waals surface area contributed by atoms with Crippen LogP contribution in [0.15, 0.2) is 42.5 Å². The summed E-state index contributed by atoms with van der Waals surface area (Å²) >= 11 is 0. The predicted octanol–water partition coefficient (Wildman–Crippen LogP) is 4.92. The van der Waals surface area contributed by atoms with Crippen LogP contribution in [0.25, 0.3) is 5.69 Å². The van der Waals surface area contributed by atoms with Crippen molar-refractivity contribution >= 4 is 11.8 Å². The Morgan fingerprint density at radius 1 is 1.24 bits per heavy atom. The molecule has 196 valence electrons. The maximum Gasteiger partial charge on any atom is 0.304 e. The van der Waals surface area contributed by atoms with E-state index in [1.165, 1.54) is 12.0 Å². The first kappa shape index (κ1) is 25.4. The van der Waals surface area contributed by atoms with Crippen LogP contribution in [0.5, 0.6) is 0 Å². The normalized spacial score (nSPS) is 18.4. The molecule has 2 aromatic heterocycles. The standard InChI is InChI=1S/C29H36FN5O2/c1-20-14-26(17-30)33-35(20)27-6-2-4-23(15-27)24(16-28(36)37)19-34-13-11-21(18-34)7-9-25-10-8-22-5-3-12-31-29(22)32-25/h2,4,6,8,10,14-15,21,24H,3,5,7,9,11-13,16-19H2,1H3,(H,31,32)(H,36,37)/t21-,24-/m1/s1. The molecule has 1 saturated heterocycles. The second kappa shape index (κ2) is 11.4. The number of carbonyl (C=O) groups is 1. The van der Waals surface area contributed by atoms with Crippen LogP contribution in [0, 0.1) is 12.8 Å². The highest BCUT2D eigenvalue weighted by atomic mass is 19.1. The highest BCUT2D eigenvalue weighted by Crippen LogP contribution is 2.29. The number of nitrogens with one attached hydrogen (secondary N) is 1. The highest BCUT2D eigenvalue weighted by Gasteiger charge is 2.27. The number of carboxylic acids is 1. The van der Waals surface area contributed by atoms with E-state index in [-0.39, 0.29) is 12.3 Å². The van der Waals surface area contributed by atoms with Crippen molar-refractivity contribution in [1.82, 2.24) is 19.7 Å². The van der Waals surface area contributed by atoms with Crippen molar-refractivity contribution in [2.45, 2.75) is 58.0 Å². The zero-order valence-corrected chi connectivity index (χ0v) is 21.5. The molecule has 0 radical (unpaired) electrons. The molecular weight excluding hydrogens is 469 g/mol. The van der Waals surface area contributed by atoms with Crippen LogP contribution in [0.3, 0.4) is 0 Å². The number of aromatic nitrogens is 3. The maximum absolute atomic E-state index is 13.1. The number of halogens is 1. The molecule has 5 rings (SSSR count). The quantitative estimate of drug-likeness (QED) is 0.407. The Hall–Kier alpha value is -3.26. The number of likely N-dealkylation sites (tertiary alicyclic amines) is 1. The van der Waals surface area contributed by atoms with E-state index < -0.39 is 12.6 Å². The number of pyridine rings is 1. The van der Waals surface area contributed by atoms with Crippen molar-refractivity contribution in [3.8, 4) is 5.69 Å². The first-order valence-electron chi connectivity index (χ1n) is 13.4. The summed E-state index contributed by atoms with van der Waals surface area (Å²) in [7, 11) is 0. The van der Waals surface area contributed by atoms with Gasteiger partial charge >= 0.3 is 5.97 Å². The van der Waals surface area contributed by atoms with Crippen molar-refractivity contribution in [1.29, 1.82) is 0 Å². The first-order valence-corrected chi connectivity index (χ1v) is 13.4. The predicted molar refractivity (Wildman–Crippen MR) is 142 cm³/mol. The zero-order valence-electron chi connectivity index (χ0n) is 21.5. The summed E-state index contributed by atoms with van der Waals surface area (Å²) in [6, 6.07) is 14.0. The van der Waals surface area contributed by atoms with E-state index in [0.29, 0.717) is 18.2 Å². The summed E-state index contributed by atoms with van der Waals surface area (Å²) in [6.07, 6.45) is 5.54. The number of aliphatic carboxylic acids is 1. The van der Waals surface area contributed by atoms with Crippen molar-refractivity contribution in [2.75, 3.05) is 31.5 Å². The van der Waals surface area contributed by atoms with Gasteiger partial charge in [-0.2, -0.15) is 5.10 Å². The van der Waals surface area contributed by atoms with Gasteiger partial charge in [0.25, 0.3) is 0 Å². The second-order valence-corrected chi connectivity index (χ2v) is 10.5. The summed E-state index contributed by atoms with van der Waals surface area (Å²) in [4.78, 5) is 19.0. The molecule has 4 heterocycles. The van der Waals surface area contributed by atoms with Gasteiger partial charge in [0.15, 0.2) is 0 Å². The number of fused-ring (bicyclic) bond motifs is 1. The van der Waals surface area contributed by atoms with Crippen molar-refractivity contribution in [2.24, 2.45) is 5.92 Å². The number of benzene rings is 1. The lowest BCUT2D eigenvalue weighted by Crippen LogP contribution is -2.28. The fourth-order valence-corrected chi connectivity index (χ4v) is 5.76. The van der Waals surface area contributed by atoms with E-state index in [9.17, 15) is 14.3 Å². The fourth-order valence-electron chi connectivity index (χ4n) is 5.76. The van der Waals surface area contributed by atoms with Crippen molar-refractivity contribution < 1.29 is 14.3 Å². The minimum atomic E-state index is -0.798. The molecule has 8 heteroatoms. The van der Waals surface area contributed by atoms with Gasteiger partial charge in [-0.05, 0) is 86.9 Å². The minimum absolute atomic E-state index is 0.0739. The Bertz CT molecular complexity index is 1240. The van der Waals surface area contributed by atoms with Gasteiger partial charge in [0, 0.05) is 36.9 Å². The van der Waals surface area contributed by atoms with Gasteiger partial charge in [0.1, 0.15) is 12.5 Å². The average molecular weight is 506 g/mol. The number of hydrogen-bond donors (Lipinski definition) is 2. The molecule has 2 aliphatic rings. The SMILES string of the molecule is Cc1cc(CF)nn1-c1cccc([C@H](CC(=O)O)CN2CC[C@@H](CCc3ccc4c(n3)NCCC4)C2)c1. The molecule has 0 unspecified atom stereocenters. The third-order valence-electron chi connectivity index (χ3n) is 7.69. The minimum Gasteiger partial charge on any atom is -0.481 e. The Morgan fingerprint density at radius 2 is 2.14 bits per heavy atom. The summed E-state index contributed by atoms with van der Waals surface area (Å²) in [5, 5.41) is 17.4. The van der Waals surface area contributed by atoms with Gasteiger partial charge in [-0.1, -0.05) is 18.2 Å². The van der Waals surface area contributed by atoms with E-state index in [1.54, 1.807) is 10.7 Å². The van der Waals surface area contributed by atoms with Gasteiger partial charge in [0.05, 0.1) is 17.8 Å². The first-order chi connectivity index (χ1) is 18.0. The maximum atomic E-state index is 13.1. The number of nitrogens with zero attached hydrogens (tertiary/aromatic N) is 4. The van der Waals surface area contributed by atoms with E-state index in [2.05, 4.69) is 27.4 Å². The number of alkyl halides is 1. The zero-order chi connectivity index (χ0) is 25.8. The number of rotatable bonds is 10. The molecule has 1 fully saturated rings. The molecule has 37 heavy (non-hydrogen) atoms. The molecule has 2 N–H and O–H groups in total. The van der Waals surface area contributed by atoms with Crippen molar-refractivity contribution in [3.63, 3.8) is 0 Å². The third kappa shape index (κ3) is 6.18. The van der Waals surface area contributed by atoms with E-state index in [4.69, 9.17) is 4.98 Å². The lowest BCUT2D eigenvalue weighted by atomic mass is 9.94. The lowest BCUT2D eigenvalue weighted by molar-refractivity contribution is -0.137. The molecule has 1 aromatic carbocycles. The lowest BCUT2D eigenvalue weighted by Gasteiger charge is -2.24. The molecule has 0 saturated carbocycles. The van der Waals surface area contributed by atoms with Gasteiger partial charge in [0.2, 0.25) is 0 Å². The molecule has 2 atom stereocenters. The number of hydrogen-bond acceptors (Lipinski definition) is 5. The summed E-state index contributed by atoms with van der Waals surface area (Å²) in [5.41, 5.74) is 5.53. The Morgan fingerprint density at radius 3 is 2.95 bits per heavy atom. The van der Waals surface area contributed by atoms with Crippen LogP contribution in [-0.2, 0) is 24.3 Å². The molecular formula is C29H36FN5O2. The number of aryl methyl sites for hydroxylation is 3. The molecule has 0 amide bonds. The Labute approximate surface area is 217 Å². The van der Waals surface area contributed by atoms with Crippen LogP contribution in [0.4, 0.5) is 10.2 Å². The molecule has 0 spiro atoms. The molecule has 2 aliphatic heterocycles. The smallest absolute Gasteiger partial charge is 0.304 e. The van der Waals surface area contributed by atoms with E-state index in [0.717, 1.165) is 73.8 Å². The van der Waals surface area contributed by atoms with Crippen LogP contribution < -0.4 is 5.32 Å². The van der Waals surface area contributed by atoms with Crippen LogP contribution >= 0.6 is 0 Å². The third-order valence-corrected chi connectivity index (χ3v) is 7.69. The van der Waals surface area contributed by atoms with E-state index in [1.807, 2.05) is 31.2 Å². The molecule has 7 nitrogen and oxygen atoms in total. The topological polar surface area (TPSA) is 83.3 Å². The Balaban J connectivity index is 1.22. The summed E-state index contributed by atoms with van der Waals surface area (Å²) in [6.45, 7) is 4.97. The molecule has 3 aromatic rings. The number of anilines is 1. The monoisotopic (exact) mass is 505 g/mol.